The third kappa shape index (κ3) is 5.39. The highest BCUT2D eigenvalue weighted by molar-refractivity contribution is 7.99. The fourth-order valence-corrected chi connectivity index (χ4v) is 6.16. The van der Waals surface area contributed by atoms with Gasteiger partial charge in [-0.15, -0.1) is 0 Å². The van der Waals surface area contributed by atoms with Gasteiger partial charge in [-0.2, -0.15) is 0 Å². The van der Waals surface area contributed by atoms with Crippen molar-refractivity contribution >= 4 is 40.5 Å². The Labute approximate surface area is 246 Å². The average molecular weight is 580 g/mol. The van der Waals surface area contributed by atoms with Crippen LogP contribution in [-0.4, -0.2) is 26.7 Å². The zero-order valence-corrected chi connectivity index (χ0v) is 23.6. The lowest BCUT2D eigenvalue weighted by Gasteiger charge is -2.29. The fourth-order valence-electron chi connectivity index (χ4n) is 4.99. The molecule has 3 aromatic carbocycles. The van der Waals surface area contributed by atoms with Crippen molar-refractivity contribution in [3.05, 3.63) is 137 Å². The molecule has 1 aliphatic rings. The predicted molar refractivity (Wildman–Crippen MR) is 164 cm³/mol. The summed E-state index contributed by atoms with van der Waals surface area (Å²) in [5, 5.41) is 15.1. The Balaban J connectivity index is 1.35. The Morgan fingerprint density at radius 1 is 0.902 bits per heavy atom. The molecule has 0 bridgehead atoms. The number of ether oxygens (including phenoxy) is 1. The monoisotopic (exact) mass is 579 g/mol. The number of nitro groups is 1. The predicted octanol–water partition coefficient (Wildman–Crippen LogP) is 7.12. The van der Waals surface area contributed by atoms with E-state index < -0.39 is 4.92 Å². The number of methoxy groups -OCH3 is 1. The number of aromatic nitrogens is 2. The van der Waals surface area contributed by atoms with E-state index in [9.17, 15) is 10.1 Å². The molecule has 2 aromatic heterocycles. The van der Waals surface area contributed by atoms with Crippen LogP contribution in [0.5, 0.6) is 5.75 Å². The Morgan fingerprint density at radius 3 is 2.22 bits per heavy atom. The summed E-state index contributed by atoms with van der Waals surface area (Å²) in [6.07, 6.45) is 3.85. The van der Waals surface area contributed by atoms with Gasteiger partial charge in [0.15, 0.2) is 5.11 Å². The smallest absolute Gasteiger partial charge is 0.269 e. The molecule has 2 atom stereocenters. The highest BCUT2D eigenvalue weighted by Gasteiger charge is 2.42. The van der Waals surface area contributed by atoms with Gasteiger partial charge >= 0.3 is 0 Å². The molecule has 0 unspecified atom stereocenters. The van der Waals surface area contributed by atoms with Crippen LogP contribution >= 0.6 is 24.0 Å². The van der Waals surface area contributed by atoms with Gasteiger partial charge in [0.25, 0.3) is 5.69 Å². The summed E-state index contributed by atoms with van der Waals surface area (Å²) < 4.78 is 7.53. The number of pyridine rings is 1. The SMILES string of the molecule is COc1ccc(-n2cccc2[C@@H]2[C@H](c3ccccn3)NC(=S)N2c2ccc(Sc3ccc([N+](=O)[O-])cc3)cc2)cc1. The molecule has 0 spiro atoms. The van der Waals surface area contributed by atoms with Crippen molar-refractivity contribution in [2.75, 3.05) is 12.0 Å². The molecule has 0 amide bonds. The van der Waals surface area contributed by atoms with Crippen molar-refractivity contribution in [3.63, 3.8) is 0 Å². The molecule has 3 heterocycles. The molecule has 10 heteroatoms. The number of non-ortho nitro benzene ring substituents is 1. The first-order valence-corrected chi connectivity index (χ1v) is 14.1. The third-order valence-electron chi connectivity index (χ3n) is 6.93. The summed E-state index contributed by atoms with van der Waals surface area (Å²) >= 11 is 7.46. The van der Waals surface area contributed by atoms with Crippen LogP contribution < -0.4 is 15.0 Å². The minimum atomic E-state index is -0.393. The van der Waals surface area contributed by atoms with Crippen molar-refractivity contribution in [1.82, 2.24) is 14.9 Å². The first-order chi connectivity index (χ1) is 20.0. The first kappa shape index (κ1) is 26.5. The first-order valence-electron chi connectivity index (χ1n) is 12.9. The van der Waals surface area contributed by atoms with Gasteiger partial charge in [-0.05, 0) is 97.1 Å². The number of thiocarbonyl (C=S) groups is 1. The fraction of sp³-hybridized carbons (Fsp3) is 0.0968. The Hall–Kier alpha value is -4.67. The van der Waals surface area contributed by atoms with Gasteiger partial charge < -0.3 is 19.5 Å². The maximum atomic E-state index is 11.0. The summed E-state index contributed by atoms with van der Waals surface area (Å²) in [6, 6.07) is 32.4. The Morgan fingerprint density at radius 2 is 1.59 bits per heavy atom. The minimum absolute atomic E-state index is 0.0765. The third-order valence-corrected chi connectivity index (χ3v) is 8.26. The molecule has 1 aliphatic heterocycles. The Bertz CT molecular complexity index is 1670. The quantitative estimate of drug-likeness (QED) is 0.118. The van der Waals surface area contributed by atoms with Crippen LogP contribution in [0.25, 0.3) is 5.69 Å². The summed E-state index contributed by atoms with van der Waals surface area (Å²) in [5.41, 5.74) is 3.99. The molecule has 0 aliphatic carbocycles. The van der Waals surface area contributed by atoms with Crippen molar-refractivity contribution in [2.24, 2.45) is 0 Å². The summed E-state index contributed by atoms with van der Waals surface area (Å²) in [6.45, 7) is 0. The molecule has 8 nitrogen and oxygen atoms in total. The second-order valence-electron chi connectivity index (χ2n) is 9.34. The van der Waals surface area contributed by atoms with Crippen molar-refractivity contribution in [2.45, 2.75) is 21.9 Å². The van der Waals surface area contributed by atoms with Crippen LogP contribution in [0.3, 0.4) is 0 Å². The Kier molecular flexibility index (Phi) is 7.41. The van der Waals surface area contributed by atoms with E-state index >= 15 is 0 Å². The number of nitro benzene ring substituents is 1. The van der Waals surface area contributed by atoms with Crippen LogP contribution in [-0.2, 0) is 0 Å². The molecule has 1 N–H and O–H groups in total. The van der Waals surface area contributed by atoms with Crippen LogP contribution in [0.4, 0.5) is 11.4 Å². The van der Waals surface area contributed by atoms with E-state index in [2.05, 4.69) is 44.2 Å². The van der Waals surface area contributed by atoms with Gasteiger partial charge in [-0.1, -0.05) is 17.8 Å². The average Bonchev–Trinajstić information content (AvgIpc) is 3.63. The van der Waals surface area contributed by atoms with Gasteiger partial charge in [0.05, 0.1) is 23.8 Å². The van der Waals surface area contributed by atoms with Crippen molar-refractivity contribution in [3.8, 4) is 11.4 Å². The number of rotatable bonds is 8. The largest absolute Gasteiger partial charge is 0.497 e. The maximum absolute atomic E-state index is 11.0. The zero-order chi connectivity index (χ0) is 28.3. The van der Waals surface area contributed by atoms with E-state index in [1.807, 2.05) is 60.7 Å². The standard InChI is InChI=1S/C31H25N5O3S2/c1-39-24-13-7-21(8-14-24)34-20-4-6-28(34)30-29(27-5-2-3-19-32-27)33-31(40)35(30)22-9-15-25(16-10-22)41-26-17-11-23(12-18-26)36(37)38/h2-20,29-30H,1H3,(H,33,40)/t29-,30+/m0/s1. The van der Waals surface area contributed by atoms with Gasteiger partial charge in [0, 0.05) is 51.4 Å². The van der Waals surface area contributed by atoms with E-state index in [0.717, 1.165) is 38.3 Å². The summed E-state index contributed by atoms with van der Waals surface area (Å²) in [7, 11) is 1.66. The van der Waals surface area contributed by atoms with Crippen LogP contribution in [0.1, 0.15) is 23.5 Å². The summed E-state index contributed by atoms with van der Waals surface area (Å²) in [4.78, 5) is 19.3. The number of nitrogens with one attached hydrogen (secondary N) is 1. The van der Waals surface area contributed by atoms with E-state index in [4.69, 9.17) is 17.0 Å². The lowest BCUT2D eigenvalue weighted by atomic mass is 10.0. The van der Waals surface area contributed by atoms with Crippen molar-refractivity contribution in [1.29, 1.82) is 0 Å². The van der Waals surface area contributed by atoms with Crippen LogP contribution in [0, 0.1) is 10.1 Å². The topological polar surface area (TPSA) is 85.5 Å². The molecule has 204 valence electrons. The zero-order valence-electron chi connectivity index (χ0n) is 22.0. The van der Waals surface area contributed by atoms with E-state index in [1.165, 1.54) is 12.1 Å². The number of benzene rings is 3. The molecule has 0 radical (unpaired) electrons. The molecule has 1 fully saturated rings. The lowest BCUT2D eigenvalue weighted by Crippen LogP contribution is -2.30. The van der Waals surface area contributed by atoms with E-state index in [1.54, 1.807) is 37.2 Å². The minimum Gasteiger partial charge on any atom is -0.497 e. The molecular formula is C31H25N5O3S2. The van der Waals surface area contributed by atoms with Gasteiger partial charge in [0.1, 0.15) is 11.8 Å². The highest BCUT2D eigenvalue weighted by atomic mass is 32.2. The van der Waals surface area contributed by atoms with Gasteiger partial charge in [-0.25, -0.2) is 0 Å². The van der Waals surface area contributed by atoms with Crippen LogP contribution in [0.2, 0.25) is 0 Å². The van der Waals surface area contributed by atoms with Crippen LogP contribution in [0.15, 0.2) is 125 Å². The molecule has 41 heavy (non-hydrogen) atoms. The highest BCUT2D eigenvalue weighted by Crippen LogP contribution is 2.43. The number of nitrogens with zero attached hydrogens (tertiary/aromatic N) is 4. The molecule has 0 saturated carbocycles. The number of hydrogen-bond donors (Lipinski definition) is 1. The second-order valence-corrected chi connectivity index (χ2v) is 10.9. The van der Waals surface area contributed by atoms with Crippen molar-refractivity contribution < 1.29 is 9.66 Å². The number of anilines is 1. The molecule has 5 aromatic rings. The van der Waals surface area contributed by atoms with E-state index in [-0.39, 0.29) is 17.8 Å². The number of hydrogen-bond acceptors (Lipinski definition) is 6. The van der Waals surface area contributed by atoms with E-state index in [0.29, 0.717) is 5.11 Å². The maximum Gasteiger partial charge on any atom is 0.269 e. The molecule has 6 rings (SSSR count). The molecule has 1 saturated heterocycles. The van der Waals surface area contributed by atoms with Gasteiger partial charge in [-0.3, -0.25) is 15.1 Å². The normalized spacial score (nSPS) is 16.4. The van der Waals surface area contributed by atoms with Gasteiger partial charge in [0.2, 0.25) is 0 Å². The molecular weight excluding hydrogens is 555 g/mol. The lowest BCUT2D eigenvalue weighted by molar-refractivity contribution is -0.384. The second kappa shape index (κ2) is 11.4. The summed E-state index contributed by atoms with van der Waals surface area (Å²) in [5.74, 6) is 0.797.